The highest BCUT2D eigenvalue weighted by Crippen LogP contribution is 2.37. The van der Waals surface area contributed by atoms with E-state index in [1.54, 1.807) is 54.7 Å². The third-order valence-corrected chi connectivity index (χ3v) is 7.49. The largest absolute Gasteiger partial charge is 0.497 e. The van der Waals surface area contributed by atoms with Gasteiger partial charge < -0.3 is 9.31 Å². The van der Waals surface area contributed by atoms with Gasteiger partial charge in [-0.05, 0) is 58.0 Å². The van der Waals surface area contributed by atoms with Crippen molar-refractivity contribution in [3.05, 3.63) is 59.8 Å². The summed E-state index contributed by atoms with van der Waals surface area (Å²) >= 11 is 6.21. The van der Waals surface area contributed by atoms with Gasteiger partial charge in [-0.15, -0.1) is 0 Å². The van der Waals surface area contributed by atoms with E-state index in [1.807, 2.05) is 27.7 Å². The highest BCUT2D eigenvalue weighted by Gasteiger charge is 2.52. The van der Waals surface area contributed by atoms with E-state index in [9.17, 15) is 8.42 Å². The van der Waals surface area contributed by atoms with Gasteiger partial charge in [0.25, 0.3) is 10.0 Å². The van der Waals surface area contributed by atoms with Crippen LogP contribution < -0.4 is 5.46 Å². The van der Waals surface area contributed by atoms with E-state index in [2.05, 4.69) is 0 Å². The average molecular weight is 418 g/mol. The number of nitrogens with zero attached hydrogens (tertiary/aromatic N) is 1. The van der Waals surface area contributed by atoms with Gasteiger partial charge in [-0.2, -0.15) is 0 Å². The van der Waals surface area contributed by atoms with E-state index < -0.39 is 28.3 Å². The van der Waals surface area contributed by atoms with Crippen molar-refractivity contribution in [2.45, 2.75) is 43.8 Å². The van der Waals surface area contributed by atoms with Crippen molar-refractivity contribution in [2.24, 2.45) is 0 Å². The molecule has 28 heavy (non-hydrogen) atoms. The molecule has 1 fully saturated rings. The number of aromatic nitrogens is 1. The Morgan fingerprint density at radius 1 is 0.964 bits per heavy atom. The predicted octanol–water partition coefficient (Wildman–Crippen LogP) is 3.83. The molecule has 0 N–H and O–H groups in total. The first kappa shape index (κ1) is 19.5. The van der Waals surface area contributed by atoms with Crippen LogP contribution in [0.25, 0.3) is 10.9 Å². The molecule has 0 unspecified atom stereocenters. The summed E-state index contributed by atoms with van der Waals surface area (Å²) in [5, 5.41) is 1.20. The zero-order chi connectivity index (χ0) is 20.3. The molecule has 5 nitrogen and oxygen atoms in total. The Bertz CT molecular complexity index is 1140. The molecule has 1 saturated heterocycles. The Morgan fingerprint density at radius 2 is 1.57 bits per heavy atom. The minimum Gasteiger partial charge on any atom is -0.399 e. The van der Waals surface area contributed by atoms with Gasteiger partial charge in [0.1, 0.15) is 0 Å². The van der Waals surface area contributed by atoms with Crippen LogP contribution in [-0.4, -0.2) is 30.7 Å². The smallest absolute Gasteiger partial charge is 0.399 e. The van der Waals surface area contributed by atoms with Gasteiger partial charge in [0.05, 0.1) is 21.6 Å². The van der Waals surface area contributed by atoms with Gasteiger partial charge in [-0.25, -0.2) is 12.4 Å². The molecule has 1 aromatic heterocycles. The topological polar surface area (TPSA) is 57.5 Å². The minimum absolute atomic E-state index is 0.210. The summed E-state index contributed by atoms with van der Waals surface area (Å²) in [5.74, 6) is 0. The number of hydrogen-bond acceptors (Lipinski definition) is 4. The molecule has 0 saturated carbocycles. The highest BCUT2D eigenvalue weighted by atomic mass is 35.5. The van der Waals surface area contributed by atoms with E-state index >= 15 is 0 Å². The number of hydrogen-bond donors (Lipinski definition) is 0. The molecule has 2 heterocycles. The number of rotatable bonds is 3. The summed E-state index contributed by atoms with van der Waals surface area (Å²) < 4.78 is 40.1. The predicted molar refractivity (Wildman–Crippen MR) is 112 cm³/mol. The molecule has 8 heteroatoms. The summed E-state index contributed by atoms with van der Waals surface area (Å²) in [5.41, 5.74) is 0.0833. The molecule has 0 radical (unpaired) electrons. The van der Waals surface area contributed by atoms with E-state index in [0.717, 1.165) is 0 Å². The van der Waals surface area contributed by atoms with Crippen LogP contribution in [0.5, 0.6) is 0 Å². The molecular weight excluding hydrogens is 397 g/mol. The molecule has 0 spiro atoms. The maximum Gasteiger partial charge on any atom is 0.497 e. The van der Waals surface area contributed by atoms with Gasteiger partial charge in [0.15, 0.2) is 0 Å². The van der Waals surface area contributed by atoms with Gasteiger partial charge in [-0.3, -0.25) is 0 Å². The van der Waals surface area contributed by atoms with E-state index in [1.165, 1.54) is 3.97 Å². The lowest BCUT2D eigenvalue weighted by Crippen LogP contribution is -2.41. The van der Waals surface area contributed by atoms with Crippen molar-refractivity contribution in [3.8, 4) is 0 Å². The van der Waals surface area contributed by atoms with E-state index in [4.69, 9.17) is 20.9 Å². The van der Waals surface area contributed by atoms with Crippen LogP contribution in [0.1, 0.15) is 27.7 Å². The standard InChI is InChI=1S/C20H21BClNO4S/c1-19(2)20(3,4)27-21(26-19)17-13-23(18-11-10-14(22)12-16(17)18)28(24,25)15-8-6-5-7-9-15/h5-13H,1-4H3. The van der Waals surface area contributed by atoms with Crippen LogP contribution in [0.2, 0.25) is 5.02 Å². The summed E-state index contributed by atoms with van der Waals surface area (Å²) in [4.78, 5) is 0.210. The Kier molecular flexibility index (Phi) is 4.43. The van der Waals surface area contributed by atoms with Crippen molar-refractivity contribution in [2.75, 3.05) is 0 Å². The lowest BCUT2D eigenvalue weighted by molar-refractivity contribution is 0.00578. The van der Waals surface area contributed by atoms with Crippen LogP contribution in [0.4, 0.5) is 0 Å². The summed E-state index contributed by atoms with van der Waals surface area (Å²) in [7, 11) is -4.48. The second kappa shape index (κ2) is 6.35. The van der Waals surface area contributed by atoms with Crippen LogP contribution in [-0.2, 0) is 19.3 Å². The number of halogens is 1. The zero-order valence-corrected chi connectivity index (χ0v) is 17.7. The fourth-order valence-electron chi connectivity index (χ4n) is 3.26. The number of fused-ring (bicyclic) bond motifs is 1. The van der Waals surface area contributed by atoms with Crippen LogP contribution in [0.15, 0.2) is 59.6 Å². The lowest BCUT2D eigenvalue weighted by Gasteiger charge is -2.32. The van der Waals surface area contributed by atoms with Crippen LogP contribution in [0.3, 0.4) is 0 Å². The fourth-order valence-corrected chi connectivity index (χ4v) is 4.83. The molecule has 0 bridgehead atoms. The quantitative estimate of drug-likeness (QED) is 0.608. The molecule has 146 valence electrons. The van der Waals surface area contributed by atoms with Crippen molar-refractivity contribution in [1.82, 2.24) is 3.97 Å². The first-order valence-corrected chi connectivity index (χ1v) is 10.8. The molecule has 0 atom stereocenters. The van der Waals surface area contributed by atoms with Gasteiger partial charge in [0.2, 0.25) is 0 Å². The maximum absolute atomic E-state index is 13.3. The summed E-state index contributed by atoms with van der Waals surface area (Å²) in [6, 6.07) is 13.4. The third-order valence-electron chi connectivity index (χ3n) is 5.57. The molecule has 0 amide bonds. The SMILES string of the molecule is CC1(C)OB(c2cn(S(=O)(=O)c3ccccc3)c3ccc(Cl)cc23)OC1(C)C. The van der Waals surface area contributed by atoms with Crippen molar-refractivity contribution >= 4 is 45.1 Å². The van der Waals surface area contributed by atoms with E-state index in [0.29, 0.717) is 21.4 Å². The van der Waals surface area contributed by atoms with Gasteiger partial charge in [-0.1, -0.05) is 29.8 Å². The monoisotopic (exact) mass is 417 g/mol. The van der Waals surface area contributed by atoms with Crippen molar-refractivity contribution in [1.29, 1.82) is 0 Å². The van der Waals surface area contributed by atoms with Crippen molar-refractivity contribution in [3.63, 3.8) is 0 Å². The zero-order valence-electron chi connectivity index (χ0n) is 16.1. The normalized spacial score (nSPS) is 18.7. The van der Waals surface area contributed by atoms with Crippen LogP contribution >= 0.6 is 11.6 Å². The first-order valence-electron chi connectivity index (χ1n) is 9.00. The van der Waals surface area contributed by atoms with E-state index in [-0.39, 0.29) is 4.90 Å². The van der Waals surface area contributed by atoms with Crippen molar-refractivity contribution < 1.29 is 17.7 Å². The molecule has 4 rings (SSSR count). The highest BCUT2D eigenvalue weighted by molar-refractivity contribution is 7.90. The second-order valence-electron chi connectivity index (χ2n) is 7.95. The van der Waals surface area contributed by atoms with Crippen LogP contribution in [0, 0.1) is 0 Å². The minimum atomic E-state index is -3.78. The fraction of sp³-hybridized carbons (Fsp3) is 0.300. The Hall–Kier alpha value is -1.80. The molecule has 1 aliphatic heterocycles. The summed E-state index contributed by atoms with van der Waals surface area (Å²) in [6.07, 6.45) is 1.57. The Balaban J connectivity index is 1.92. The molecule has 3 aromatic rings. The van der Waals surface area contributed by atoms with Gasteiger partial charge >= 0.3 is 7.12 Å². The Morgan fingerprint density at radius 3 is 2.18 bits per heavy atom. The third kappa shape index (κ3) is 2.97. The average Bonchev–Trinajstić information content (AvgIpc) is 3.10. The van der Waals surface area contributed by atoms with Gasteiger partial charge in [0, 0.05) is 22.1 Å². The Labute approximate surface area is 170 Å². The maximum atomic E-state index is 13.3. The summed E-state index contributed by atoms with van der Waals surface area (Å²) in [6.45, 7) is 7.83. The lowest BCUT2D eigenvalue weighted by atomic mass is 9.79. The molecular formula is C20H21BClNO4S. The first-order chi connectivity index (χ1) is 13.0. The molecule has 0 aliphatic carbocycles. The molecule has 2 aromatic carbocycles. The molecule has 1 aliphatic rings. The second-order valence-corrected chi connectivity index (χ2v) is 10.2. The number of benzene rings is 2.